The van der Waals surface area contributed by atoms with Gasteiger partial charge in [0.15, 0.2) is 0 Å². The van der Waals surface area contributed by atoms with Crippen molar-refractivity contribution in [3.05, 3.63) is 11.3 Å². The van der Waals surface area contributed by atoms with Gasteiger partial charge in [-0.15, -0.1) is 11.8 Å². The molecule has 0 spiro atoms. The minimum Gasteiger partial charge on any atom is -0.478 e. The van der Waals surface area contributed by atoms with Crippen molar-refractivity contribution in [3.63, 3.8) is 0 Å². The first-order valence-corrected chi connectivity index (χ1v) is 5.25. The van der Waals surface area contributed by atoms with E-state index in [-0.39, 0.29) is 0 Å². The van der Waals surface area contributed by atoms with E-state index in [4.69, 9.17) is 5.11 Å². The number of aromatic carboxylic acids is 1. The van der Waals surface area contributed by atoms with Gasteiger partial charge in [-0.1, -0.05) is 13.8 Å². The van der Waals surface area contributed by atoms with Gasteiger partial charge >= 0.3 is 5.97 Å². The Labute approximate surface area is 87.3 Å². The van der Waals surface area contributed by atoms with Crippen LogP contribution in [0.15, 0.2) is 5.03 Å². The summed E-state index contributed by atoms with van der Waals surface area (Å²) in [6.07, 6.45) is 0. The molecule has 78 valence electrons. The number of nitrogens with zero attached hydrogens (tertiary/aromatic N) is 2. The zero-order chi connectivity index (χ0) is 10.9. The molecule has 4 nitrogen and oxygen atoms in total. The monoisotopic (exact) mass is 214 g/mol. The third kappa shape index (κ3) is 2.09. The molecule has 14 heavy (non-hydrogen) atoms. The molecule has 0 aliphatic heterocycles. The summed E-state index contributed by atoms with van der Waals surface area (Å²) < 4.78 is 1.63. The molecule has 0 saturated carbocycles. The molecule has 1 aromatic rings. The SMILES string of the molecule is Cc1nn(C)c(SC(C)C)c1C(=O)O. The van der Waals surface area contributed by atoms with Crippen molar-refractivity contribution >= 4 is 17.7 Å². The van der Waals surface area contributed by atoms with Gasteiger partial charge in [0.25, 0.3) is 0 Å². The zero-order valence-electron chi connectivity index (χ0n) is 8.74. The molecule has 1 aromatic heterocycles. The Balaban J connectivity index is 3.18. The van der Waals surface area contributed by atoms with Crippen LogP contribution in [0.5, 0.6) is 0 Å². The molecule has 0 aliphatic carbocycles. The number of rotatable bonds is 3. The number of hydrogen-bond donors (Lipinski definition) is 1. The quantitative estimate of drug-likeness (QED) is 0.781. The van der Waals surface area contributed by atoms with Gasteiger partial charge in [-0.3, -0.25) is 4.68 Å². The lowest BCUT2D eigenvalue weighted by atomic mass is 10.3. The highest BCUT2D eigenvalue weighted by molar-refractivity contribution is 7.99. The first kappa shape index (κ1) is 11.1. The number of aromatic nitrogens is 2. The fraction of sp³-hybridized carbons (Fsp3) is 0.556. The summed E-state index contributed by atoms with van der Waals surface area (Å²) >= 11 is 1.52. The molecule has 0 bridgehead atoms. The second-order valence-electron chi connectivity index (χ2n) is 3.36. The zero-order valence-corrected chi connectivity index (χ0v) is 9.55. The second kappa shape index (κ2) is 4.04. The van der Waals surface area contributed by atoms with Gasteiger partial charge in [-0.25, -0.2) is 4.79 Å². The van der Waals surface area contributed by atoms with Crippen LogP contribution in [-0.2, 0) is 7.05 Å². The van der Waals surface area contributed by atoms with Crippen molar-refractivity contribution in [2.24, 2.45) is 7.05 Å². The first-order chi connectivity index (χ1) is 6.43. The van der Waals surface area contributed by atoms with Crippen molar-refractivity contribution in [1.82, 2.24) is 9.78 Å². The Morgan fingerprint density at radius 1 is 1.57 bits per heavy atom. The van der Waals surface area contributed by atoms with Crippen LogP contribution in [0, 0.1) is 6.92 Å². The van der Waals surface area contributed by atoms with Gasteiger partial charge in [0.05, 0.1) is 5.69 Å². The molecule has 1 N–H and O–H groups in total. The Hall–Kier alpha value is -0.970. The van der Waals surface area contributed by atoms with Gasteiger partial charge in [0.1, 0.15) is 10.6 Å². The van der Waals surface area contributed by atoms with E-state index in [9.17, 15) is 4.79 Å². The number of carboxylic acids is 1. The van der Waals surface area contributed by atoms with Crippen molar-refractivity contribution in [2.75, 3.05) is 0 Å². The van der Waals surface area contributed by atoms with E-state index in [0.29, 0.717) is 16.5 Å². The van der Waals surface area contributed by atoms with Crippen LogP contribution in [0.1, 0.15) is 29.9 Å². The summed E-state index contributed by atoms with van der Waals surface area (Å²) in [4.78, 5) is 11.0. The van der Waals surface area contributed by atoms with Crippen molar-refractivity contribution < 1.29 is 9.90 Å². The maximum absolute atomic E-state index is 11.0. The summed E-state index contributed by atoms with van der Waals surface area (Å²) in [6.45, 7) is 5.77. The predicted octanol–water partition coefficient (Wildman–Crippen LogP) is 1.93. The topological polar surface area (TPSA) is 55.1 Å². The normalized spacial score (nSPS) is 10.9. The largest absolute Gasteiger partial charge is 0.478 e. The minimum absolute atomic E-state index is 0.325. The molecule has 0 aliphatic rings. The predicted molar refractivity (Wildman–Crippen MR) is 55.9 cm³/mol. The summed E-state index contributed by atoms with van der Waals surface area (Å²) in [6, 6.07) is 0. The summed E-state index contributed by atoms with van der Waals surface area (Å²) in [5.74, 6) is -0.904. The van der Waals surface area contributed by atoms with Gasteiger partial charge < -0.3 is 5.11 Å². The van der Waals surface area contributed by atoms with Crippen LogP contribution in [0.3, 0.4) is 0 Å². The standard InChI is InChI=1S/C9H14N2O2S/c1-5(2)14-8-7(9(12)13)6(3)10-11(8)4/h5H,1-4H3,(H,12,13). The lowest BCUT2D eigenvalue weighted by molar-refractivity contribution is 0.0692. The molecule has 0 radical (unpaired) electrons. The molecule has 0 fully saturated rings. The number of aryl methyl sites for hydroxylation is 2. The third-order valence-electron chi connectivity index (χ3n) is 1.73. The molecular weight excluding hydrogens is 200 g/mol. The molecule has 1 heterocycles. The molecule has 5 heteroatoms. The lowest BCUT2D eigenvalue weighted by Crippen LogP contribution is -2.02. The van der Waals surface area contributed by atoms with E-state index in [1.165, 1.54) is 11.8 Å². The summed E-state index contributed by atoms with van der Waals surface area (Å²) in [7, 11) is 1.77. The van der Waals surface area contributed by atoms with Gasteiger partial charge in [-0.05, 0) is 6.92 Å². The average Bonchev–Trinajstić information content (AvgIpc) is 2.25. The number of carboxylic acid groups (broad SMARTS) is 1. The molecule has 0 aromatic carbocycles. The Morgan fingerprint density at radius 3 is 2.57 bits per heavy atom. The Bertz CT molecular complexity index is 358. The van der Waals surface area contributed by atoms with Gasteiger partial charge in [-0.2, -0.15) is 5.10 Å². The average molecular weight is 214 g/mol. The fourth-order valence-corrected chi connectivity index (χ4v) is 2.23. The minimum atomic E-state index is -0.904. The van der Waals surface area contributed by atoms with Crippen LogP contribution in [0.2, 0.25) is 0 Å². The molecule has 1 rings (SSSR count). The van der Waals surface area contributed by atoms with E-state index in [1.807, 2.05) is 13.8 Å². The second-order valence-corrected chi connectivity index (χ2v) is 4.93. The molecule has 0 amide bonds. The van der Waals surface area contributed by atoms with E-state index in [2.05, 4.69) is 5.10 Å². The maximum atomic E-state index is 11.0. The molecule has 0 unspecified atom stereocenters. The highest BCUT2D eigenvalue weighted by Crippen LogP contribution is 2.27. The number of thioether (sulfide) groups is 1. The van der Waals surface area contributed by atoms with Crippen molar-refractivity contribution in [1.29, 1.82) is 0 Å². The molecular formula is C9H14N2O2S. The fourth-order valence-electron chi connectivity index (χ4n) is 1.24. The van der Waals surface area contributed by atoms with Crippen LogP contribution in [0.4, 0.5) is 0 Å². The van der Waals surface area contributed by atoms with Gasteiger partial charge in [0.2, 0.25) is 0 Å². The number of hydrogen-bond acceptors (Lipinski definition) is 3. The summed E-state index contributed by atoms with van der Waals surface area (Å²) in [5.41, 5.74) is 0.898. The molecule has 0 atom stereocenters. The van der Waals surface area contributed by atoms with Crippen LogP contribution in [0.25, 0.3) is 0 Å². The lowest BCUT2D eigenvalue weighted by Gasteiger charge is -2.05. The van der Waals surface area contributed by atoms with Crippen molar-refractivity contribution in [3.8, 4) is 0 Å². The molecule has 0 saturated heterocycles. The van der Waals surface area contributed by atoms with Crippen molar-refractivity contribution in [2.45, 2.75) is 31.0 Å². The highest BCUT2D eigenvalue weighted by Gasteiger charge is 2.20. The van der Waals surface area contributed by atoms with Crippen LogP contribution in [-0.4, -0.2) is 26.1 Å². The van der Waals surface area contributed by atoms with E-state index in [1.54, 1.807) is 18.7 Å². The van der Waals surface area contributed by atoms with E-state index < -0.39 is 5.97 Å². The summed E-state index contributed by atoms with van der Waals surface area (Å²) in [5, 5.41) is 14.2. The maximum Gasteiger partial charge on any atom is 0.340 e. The van der Waals surface area contributed by atoms with Gasteiger partial charge in [0, 0.05) is 12.3 Å². The Morgan fingerprint density at radius 2 is 2.14 bits per heavy atom. The number of carbonyl (C=O) groups is 1. The van der Waals surface area contributed by atoms with Crippen LogP contribution < -0.4 is 0 Å². The first-order valence-electron chi connectivity index (χ1n) is 4.37. The third-order valence-corrected chi connectivity index (χ3v) is 2.89. The van der Waals surface area contributed by atoms with E-state index >= 15 is 0 Å². The smallest absolute Gasteiger partial charge is 0.340 e. The Kier molecular flexibility index (Phi) is 3.21. The van der Waals surface area contributed by atoms with Crippen LogP contribution >= 0.6 is 11.8 Å². The highest BCUT2D eigenvalue weighted by atomic mass is 32.2. The van der Waals surface area contributed by atoms with E-state index in [0.717, 1.165) is 5.03 Å².